The lowest BCUT2D eigenvalue weighted by Gasteiger charge is -2.44. The first-order valence-corrected chi connectivity index (χ1v) is 9.04. The molecule has 1 aliphatic carbocycles. The number of carbonyl (C=O) groups excluding carboxylic acids is 1. The molecular weight excluding hydrogens is 301 g/mol. The van der Waals surface area contributed by atoms with Gasteiger partial charge < -0.3 is 9.64 Å². The SMILES string of the molecule is C[C@H](Oc1cccc(F)c1)C(=O)N1CCS[C@@H]2CCCC[C@H]21. The van der Waals surface area contributed by atoms with Gasteiger partial charge in [0.25, 0.3) is 5.91 Å². The number of fused-ring (bicyclic) bond motifs is 1. The topological polar surface area (TPSA) is 29.5 Å². The maximum absolute atomic E-state index is 13.2. The van der Waals surface area contributed by atoms with Crippen LogP contribution in [0.1, 0.15) is 32.6 Å². The van der Waals surface area contributed by atoms with Crippen LogP contribution in [0.5, 0.6) is 5.75 Å². The molecule has 3 atom stereocenters. The summed E-state index contributed by atoms with van der Waals surface area (Å²) >= 11 is 2.00. The molecule has 0 N–H and O–H groups in total. The molecule has 2 fully saturated rings. The van der Waals surface area contributed by atoms with Crippen molar-refractivity contribution in [2.75, 3.05) is 12.3 Å². The Balaban J connectivity index is 1.66. The standard InChI is InChI=1S/C17H22FNO2S/c1-12(21-14-6-4-5-13(18)11-14)17(20)19-9-10-22-16-8-3-2-7-15(16)19/h4-6,11-12,15-16H,2-3,7-10H2,1H3/t12-,15+,16+/m0/s1. The molecule has 1 heterocycles. The van der Waals surface area contributed by atoms with Gasteiger partial charge in [-0.15, -0.1) is 0 Å². The maximum atomic E-state index is 13.2. The van der Waals surface area contributed by atoms with Crippen LogP contribution in [0.15, 0.2) is 24.3 Å². The average molecular weight is 323 g/mol. The molecule has 1 amide bonds. The van der Waals surface area contributed by atoms with Crippen molar-refractivity contribution in [3.63, 3.8) is 0 Å². The van der Waals surface area contributed by atoms with Crippen molar-refractivity contribution in [3.05, 3.63) is 30.1 Å². The van der Waals surface area contributed by atoms with Crippen LogP contribution in [-0.4, -0.2) is 40.5 Å². The molecular formula is C17H22FNO2S. The fourth-order valence-electron chi connectivity index (χ4n) is 3.40. The maximum Gasteiger partial charge on any atom is 0.263 e. The number of ether oxygens (including phenoxy) is 1. The summed E-state index contributed by atoms with van der Waals surface area (Å²) in [7, 11) is 0. The Hall–Kier alpha value is -1.23. The van der Waals surface area contributed by atoms with Crippen molar-refractivity contribution in [2.45, 2.75) is 50.0 Å². The van der Waals surface area contributed by atoms with E-state index >= 15 is 0 Å². The predicted octanol–water partition coefficient (Wildman–Crippen LogP) is 3.48. The molecule has 0 aromatic heterocycles. The highest BCUT2D eigenvalue weighted by Crippen LogP contribution is 2.35. The zero-order valence-corrected chi connectivity index (χ0v) is 13.7. The van der Waals surface area contributed by atoms with E-state index in [9.17, 15) is 9.18 Å². The van der Waals surface area contributed by atoms with Gasteiger partial charge >= 0.3 is 0 Å². The molecule has 22 heavy (non-hydrogen) atoms. The van der Waals surface area contributed by atoms with Gasteiger partial charge in [0.05, 0.1) is 0 Å². The first-order valence-electron chi connectivity index (χ1n) is 7.99. The Kier molecular flexibility index (Phi) is 4.91. The molecule has 3 rings (SSSR count). The number of amides is 1. The van der Waals surface area contributed by atoms with Gasteiger partial charge in [0.15, 0.2) is 6.10 Å². The summed E-state index contributed by atoms with van der Waals surface area (Å²) in [4.78, 5) is 14.7. The van der Waals surface area contributed by atoms with Crippen molar-refractivity contribution in [1.82, 2.24) is 4.90 Å². The smallest absolute Gasteiger partial charge is 0.263 e. The Bertz CT molecular complexity index is 537. The molecule has 1 aromatic rings. The van der Waals surface area contributed by atoms with Gasteiger partial charge in [-0.05, 0) is 31.9 Å². The van der Waals surface area contributed by atoms with Crippen LogP contribution < -0.4 is 4.74 Å². The summed E-state index contributed by atoms with van der Waals surface area (Å²) in [5.74, 6) is 1.09. The van der Waals surface area contributed by atoms with Crippen LogP contribution in [0, 0.1) is 5.82 Å². The van der Waals surface area contributed by atoms with E-state index in [4.69, 9.17) is 4.74 Å². The van der Waals surface area contributed by atoms with Crippen LogP contribution in [-0.2, 0) is 4.79 Å². The second kappa shape index (κ2) is 6.90. The lowest BCUT2D eigenvalue weighted by atomic mass is 9.93. The third-order valence-electron chi connectivity index (χ3n) is 4.47. The number of hydrogen-bond acceptors (Lipinski definition) is 3. The minimum absolute atomic E-state index is 0.0291. The summed E-state index contributed by atoms with van der Waals surface area (Å²) in [5.41, 5.74) is 0. The molecule has 120 valence electrons. The number of rotatable bonds is 3. The van der Waals surface area contributed by atoms with Crippen molar-refractivity contribution < 1.29 is 13.9 Å². The lowest BCUT2D eigenvalue weighted by Crippen LogP contribution is -2.54. The van der Waals surface area contributed by atoms with E-state index in [1.165, 1.54) is 31.4 Å². The lowest BCUT2D eigenvalue weighted by molar-refractivity contribution is -0.140. The van der Waals surface area contributed by atoms with Gasteiger partial charge in [-0.3, -0.25) is 4.79 Å². The van der Waals surface area contributed by atoms with Crippen molar-refractivity contribution in [2.24, 2.45) is 0 Å². The van der Waals surface area contributed by atoms with Crippen LogP contribution in [0.2, 0.25) is 0 Å². The zero-order chi connectivity index (χ0) is 15.5. The minimum atomic E-state index is -0.576. The van der Waals surface area contributed by atoms with Gasteiger partial charge in [0, 0.05) is 29.7 Å². The molecule has 1 saturated heterocycles. The largest absolute Gasteiger partial charge is 0.481 e. The molecule has 1 aromatic carbocycles. The number of halogens is 1. The van der Waals surface area contributed by atoms with Gasteiger partial charge in [0.2, 0.25) is 0 Å². The summed E-state index contributed by atoms with van der Waals surface area (Å²) in [5, 5.41) is 0.577. The van der Waals surface area contributed by atoms with E-state index in [1.54, 1.807) is 19.1 Å². The summed E-state index contributed by atoms with van der Waals surface area (Å²) in [6, 6.07) is 6.31. The number of hydrogen-bond donors (Lipinski definition) is 0. The van der Waals surface area contributed by atoms with E-state index in [2.05, 4.69) is 0 Å². The molecule has 0 spiro atoms. The highest BCUT2D eigenvalue weighted by atomic mass is 32.2. The third kappa shape index (κ3) is 3.40. The Morgan fingerprint density at radius 1 is 1.41 bits per heavy atom. The highest BCUT2D eigenvalue weighted by Gasteiger charge is 2.38. The molecule has 2 aliphatic rings. The van der Waals surface area contributed by atoms with Gasteiger partial charge in [-0.1, -0.05) is 18.9 Å². The van der Waals surface area contributed by atoms with Gasteiger partial charge in [-0.25, -0.2) is 4.39 Å². The quantitative estimate of drug-likeness (QED) is 0.853. The minimum Gasteiger partial charge on any atom is -0.481 e. The highest BCUT2D eigenvalue weighted by molar-refractivity contribution is 8.00. The second-order valence-electron chi connectivity index (χ2n) is 6.01. The van der Waals surface area contributed by atoms with Crippen LogP contribution in [0.25, 0.3) is 0 Å². The van der Waals surface area contributed by atoms with Gasteiger partial charge in [-0.2, -0.15) is 11.8 Å². The number of thioether (sulfide) groups is 1. The zero-order valence-electron chi connectivity index (χ0n) is 12.8. The summed E-state index contributed by atoms with van der Waals surface area (Å²) in [6.07, 6.45) is 4.19. The fraction of sp³-hybridized carbons (Fsp3) is 0.588. The van der Waals surface area contributed by atoms with E-state index in [0.717, 1.165) is 18.7 Å². The molecule has 0 radical (unpaired) electrons. The van der Waals surface area contributed by atoms with E-state index < -0.39 is 6.10 Å². The first-order chi connectivity index (χ1) is 10.6. The van der Waals surface area contributed by atoms with Gasteiger partial charge in [0.1, 0.15) is 11.6 Å². The van der Waals surface area contributed by atoms with E-state index in [-0.39, 0.29) is 11.7 Å². The van der Waals surface area contributed by atoms with Crippen LogP contribution >= 0.6 is 11.8 Å². The normalized spacial score (nSPS) is 26.2. The van der Waals surface area contributed by atoms with Crippen molar-refractivity contribution in [3.8, 4) is 5.75 Å². The third-order valence-corrected chi connectivity index (χ3v) is 5.87. The Morgan fingerprint density at radius 3 is 3.05 bits per heavy atom. The first kappa shape index (κ1) is 15.7. The Morgan fingerprint density at radius 2 is 2.23 bits per heavy atom. The molecule has 1 aliphatic heterocycles. The van der Waals surface area contributed by atoms with Crippen molar-refractivity contribution in [1.29, 1.82) is 0 Å². The number of benzene rings is 1. The molecule has 1 saturated carbocycles. The van der Waals surface area contributed by atoms with Crippen LogP contribution in [0.3, 0.4) is 0 Å². The fourth-order valence-corrected chi connectivity index (χ4v) is 4.84. The Labute approximate surface area is 135 Å². The van der Waals surface area contributed by atoms with Crippen molar-refractivity contribution >= 4 is 17.7 Å². The average Bonchev–Trinajstić information content (AvgIpc) is 2.53. The molecule has 5 heteroatoms. The second-order valence-corrected chi connectivity index (χ2v) is 7.36. The summed E-state index contributed by atoms with van der Waals surface area (Å²) < 4.78 is 18.9. The summed E-state index contributed by atoms with van der Waals surface area (Å²) in [6.45, 7) is 2.55. The number of nitrogens with zero attached hydrogens (tertiary/aromatic N) is 1. The molecule has 0 unspecified atom stereocenters. The molecule has 0 bridgehead atoms. The van der Waals surface area contributed by atoms with E-state index in [1.807, 2.05) is 16.7 Å². The molecule has 3 nitrogen and oxygen atoms in total. The monoisotopic (exact) mass is 323 g/mol. The van der Waals surface area contributed by atoms with E-state index in [0.29, 0.717) is 17.0 Å². The predicted molar refractivity (Wildman–Crippen MR) is 86.7 cm³/mol. The number of carbonyl (C=O) groups is 1. The van der Waals surface area contributed by atoms with Crippen LogP contribution in [0.4, 0.5) is 4.39 Å².